The standard InChI is InChI=1S/C17H19N3O2S.C16H29N3/c1-12-16(23-10-19-12)14-6-4-13(5-7-14)9-18-17(22)15-3-2-8-20(15)11-21;1-8-15(6)10-16(7,11-15)13-9-19(18-17-13)12(2)14(3,4)5/h4-7,10-11,15H,2-3,8-9H2,1H3,(H,18,22);9,12H,8,10-11H2,1-7H3. The lowest BCUT2D eigenvalue weighted by Gasteiger charge is -2.52. The molecule has 1 aliphatic carbocycles. The zero-order valence-electron chi connectivity index (χ0n) is 26.6. The van der Waals surface area contributed by atoms with Crippen LogP contribution >= 0.6 is 11.3 Å². The van der Waals surface area contributed by atoms with Crippen molar-refractivity contribution in [2.24, 2.45) is 10.8 Å². The Bertz CT molecular complexity index is 1350. The van der Waals surface area contributed by atoms with Crippen LogP contribution in [0.4, 0.5) is 0 Å². The summed E-state index contributed by atoms with van der Waals surface area (Å²) in [6.45, 7) is 19.1. The summed E-state index contributed by atoms with van der Waals surface area (Å²) < 4.78 is 2.04. The quantitative estimate of drug-likeness (QED) is 0.294. The van der Waals surface area contributed by atoms with Crippen LogP contribution in [0.1, 0.15) is 104 Å². The van der Waals surface area contributed by atoms with Gasteiger partial charge < -0.3 is 10.2 Å². The zero-order chi connectivity index (χ0) is 30.7. The predicted molar refractivity (Wildman–Crippen MR) is 169 cm³/mol. The Morgan fingerprint density at radius 2 is 1.90 bits per heavy atom. The first-order valence-corrected chi connectivity index (χ1v) is 16.1. The van der Waals surface area contributed by atoms with E-state index < -0.39 is 0 Å². The molecule has 1 aliphatic heterocycles. The monoisotopic (exact) mass is 592 g/mol. The van der Waals surface area contributed by atoms with E-state index in [1.807, 2.05) is 29.2 Å². The van der Waals surface area contributed by atoms with Crippen molar-refractivity contribution in [2.45, 2.75) is 112 Å². The van der Waals surface area contributed by atoms with Gasteiger partial charge in [-0.05, 0) is 61.5 Å². The highest BCUT2D eigenvalue weighted by atomic mass is 32.1. The molecule has 0 bridgehead atoms. The first-order chi connectivity index (χ1) is 19.8. The maximum atomic E-state index is 12.2. The number of hydrogen-bond donors (Lipinski definition) is 1. The molecule has 1 aromatic carbocycles. The van der Waals surface area contributed by atoms with Crippen LogP contribution in [0.15, 0.2) is 36.0 Å². The van der Waals surface area contributed by atoms with Crippen LogP contribution in [0.2, 0.25) is 0 Å². The van der Waals surface area contributed by atoms with Gasteiger partial charge in [-0.3, -0.25) is 9.59 Å². The highest BCUT2D eigenvalue weighted by Gasteiger charge is 2.50. The maximum Gasteiger partial charge on any atom is 0.243 e. The van der Waals surface area contributed by atoms with Crippen LogP contribution < -0.4 is 5.32 Å². The van der Waals surface area contributed by atoms with Crippen molar-refractivity contribution in [1.29, 1.82) is 0 Å². The van der Waals surface area contributed by atoms with Gasteiger partial charge in [-0.15, -0.1) is 16.4 Å². The topological polar surface area (TPSA) is 93.0 Å². The summed E-state index contributed by atoms with van der Waals surface area (Å²) in [6.07, 6.45) is 8.30. The van der Waals surface area contributed by atoms with E-state index in [4.69, 9.17) is 0 Å². The number of amides is 2. The van der Waals surface area contributed by atoms with Gasteiger partial charge >= 0.3 is 0 Å². The van der Waals surface area contributed by atoms with Crippen LogP contribution in [0, 0.1) is 17.8 Å². The third kappa shape index (κ3) is 7.10. The number of thiazole rings is 1. The number of nitrogens with one attached hydrogen (secondary N) is 1. The third-order valence-corrected chi connectivity index (χ3v) is 10.4. The smallest absolute Gasteiger partial charge is 0.243 e. The van der Waals surface area contributed by atoms with Crippen LogP contribution in [0.3, 0.4) is 0 Å². The summed E-state index contributed by atoms with van der Waals surface area (Å²) in [5.74, 6) is -0.0722. The van der Waals surface area contributed by atoms with E-state index in [9.17, 15) is 9.59 Å². The van der Waals surface area contributed by atoms with Crippen molar-refractivity contribution < 1.29 is 9.59 Å². The minimum absolute atomic E-state index is 0.0722. The lowest BCUT2D eigenvalue weighted by Crippen LogP contribution is -2.45. The third-order valence-electron chi connectivity index (χ3n) is 9.43. The number of carbonyl (C=O) groups is 2. The molecule has 3 aromatic rings. The van der Waals surface area contributed by atoms with Crippen molar-refractivity contribution in [1.82, 2.24) is 30.2 Å². The van der Waals surface area contributed by atoms with Gasteiger partial charge in [0.25, 0.3) is 0 Å². The Kier molecular flexibility index (Phi) is 9.60. The van der Waals surface area contributed by atoms with E-state index in [1.165, 1.54) is 29.8 Å². The average Bonchev–Trinajstić information content (AvgIpc) is 3.71. The van der Waals surface area contributed by atoms with Gasteiger partial charge in [-0.1, -0.05) is 77.4 Å². The highest BCUT2D eigenvalue weighted by Crippen LogP contribution is 2.56. The van der Waals surface area contributed by atoms with Crippen molar-refractivity contribution in [2.75, 3.05) is 6.54 Å². The molecule has 0 spiro atoms. The summed E-state index contributed by atoms with van der Waals surface area (Å²) in [5.41, 5.74) is 7.20. The molecular formula is C33H48N6O2S. The number of benzene rings is 1. The van der Waals surface area contributed by atoms with Crippen molar-refractivity contribution >= 4 is 23.7 Å². The maximum absolute atomic E-state index is 12.2. The van der Waals surface area contributed by atoms with Crippen molar-refractivity contribution in [3.63, 3.8) is 0 Å². The predicted octanol–water partition coefficient (Wildman–Crippen LogP) is 6.71. The number of rotatable bonds is 8. The fourth-order valence-corrected chi connectivity index (χ4v) is 7.07. The first-order valence-electron chi connectivity index (χ1n) is 15.2. The van der Waals surface area contributed by atoms with Gasteiger partial charge in [0.15, 0.2) is 0 Å². The van der Waals surface area contributed by atoms with Gasteiger partial charge in [0.05, 0.1) is 27.8 Å². The van der Waals surface area contributed by atoms with Gasteiger partial charge in [0.2, 0.25) is 12.3 Å². The normalized spacial score (nSPS) is 24.4. The summed E-state index contributed by atoms with van der Waals surface area (Å²) in [7, 11) is 0. The lowest BCUT2D eigenvalue weighted by molar-refractivity contribution is -0.131. The molecule has 228 valence electrons. The van der Waals surface area contributed by atoms with Gasteiger partial charge in [-0.2, -0.15) is 0 Å². The van der Waals surface area contributed by atoms with E-state index in [1.54, 1.807) is 16.2 Å². The second-order valence-electron chi connectivity index (χ2n) is 13.9. The molecule has 1 saturated carbocycles. The summed E-state index contributed by atoms with van der Waals surface area (Å²) in [4.78, 5) is 30.1. The molecule has 2 atom stereocenters. The number of hydrogen-bond acceptors (Lipinski definition) is 6. The number of carbonyl (C=O) groups excluding carboxylic acids is 2. The molecule has 9 heteroatoms. The summed E-state index contributed by atoms with van der Waals surface area (Å²) in [5, 5.41) is 11.7. The molecule has 5 rings (SSSR count). The molecule has 3 heterocycles. The molecule has 42 heavy (non-hydrogen) atoms. The SMILES string of the molecule is CCC1(C)CC(C)(c2cn(C(C)C(C)(C)C)nn2)C1.Cc1ncsc1-c1ccc(CNC(=O)C2CCCN2C=O)cc1. The Morgan fingerprint density at radius 3 is 2.48 bits per heavy atom. The van der Waals surface area contributed by atoms with Crippen LogP contribution in [-0.4, -0.2) is 49.8 Å². The number of likely N-dealkylation sites (tertiary alicyclic amines) is 1. The van der Waals surface area contributed by atoms with Crippen LogP contribution in [-0.2, 0) is 21.5 Å². The van der Waals surface area contributed by atoms with Gasteiger partial charge in [-0.25, -0.2) is 9.67 Å². The average molecular weight is 593 g/mol. The minimum Gasteiger partial charge on any atom is -0.350 e. The fourth-order valence-electron chi connectivity index (χ4n) is 6.26. The summed E-state index contributed by atoms with van der Waals surface area (Å²) >= 11 is 1.63. The molecule has 2 aliphatic rings. The summed E-state index contributed by atoms with van der Waals surface area (Å²) in [6, 6.07) is 8.19. The van der Waals surface area contributed by atoms with Crippen LogP contribution in [0.25, 0.3) is 10.4 Å². The zero-order valence-corrected chi connectivity index (χ0v) is 27.4. The molecule has 8 nitrogen and oxygen atoms in total. The first kappa shape index (κ1) is 31.9. The minimum atomic E-state index is -0.313. The second kappa shape index (κ2) is 12.7. The molecule has 1 N–H and O–H groups in total. The molecule has 2 unspecified atom stereocenters. The Labute approximate surface area is 255 Å². The van der Waals surface area contributed by atoms with E-state index in [-0.39, 0.29) is 22.8 Å². The molecule has 1 saturated heterocycles. The largest absolute Gasteiger partial charge is 0.350 e. The molecular weight excluding hydrogens is 544 g/mol. The van der Waals surface area contributed by atoms with E-state index in [2.05, 4.69) is 87.4 Å². The molecule has 2 aromatic heterocycles. The van der Waals surface area contributed by atoms with E-state index in [0.29, 0.717) is 24.5 Å². The second-order valence-corrected chi connectivity index (χ2v) is 14.7. The molecule has 0 radical (unpaired) electrons. The number of nitrogens with zero attached hydrogens (tertiary/aromatic N) is 5. The van der Waals surface area contributed by atoms with Crippen molar-refractivity contribution in [3.8, 4) is 10.4 Å². The Hall–Kier alpha value is -3.07. The Balaban J connectivity index is 0.000000197. The van der Waals surface area contributed by atoms with Crippen LogP contribution in [0.5, 0.6) is 0 Å². The van der Waals surface area contributed by atoms with Gasteiger partial charge in [0.1, 0.15) is 6.04 Å². The van der Waals surface area contributed by atoms with E-state index >= 15 is 0 Å². The lowest BCUT2D eigenvalue weighted by atomic mass is 9.52. The number of aromatic nitrogens is 4. The van der Waals surface area contributed by atoms with Gasteiger partial charge in [0, 0.05) is 24.7 Å². The molecule has 2 fully saturated rings. The Morgan fingerprint density at radius 1 is 1.21 bits per heavy atom. The number of aryl methyl sites for hydroxylation is 1. The fraction of sp³-hybridized carbons (Fsp3) is 0.606. The van der Waals surface area contributed by atoms with E-state index in [0.717, 1.165) is 36.1 Å². The van der Waals surface area contributed by atoms with Crippen molar-refractivity contribution in [3.05, 3.63) is 52.9 Å². The molecule has 2 amide bonds. The highest BCUT2D eigenvalue weighted by molar-refractivity contribution is 7.13.